The van der Waals surface area contributed by atoms with Crippen molar-refractivity contribution in [3.8, 4) is 0 Å². The smallest absolute Gasteiger partial charge is 0.408 e. The predicted octanol–water partition coefficient (Wildman–Crippen LogP) is 2.85. The molecule has 0 aliphatic carbocycles. The lowest BCUT2D eigenvalue weighted by Crippen LogP contribution is -2.30. The molecule has 164 valence electrons. The highest BCUT2D eigenvalue weighted by Crippen LogP contribution is 2.22. The Kier molecular flexibility index (Phi) is 6.17. The van der Waals surface area contributed by atoms with Crippen LogP contribution in [0.5, 0.6) is 0 Å². The number of fused-ring (bicyclic) bond motifs is 2. The number of oxazole rings is 1. The van der Waals surface area contributed by atoms with E-state index in [-0.39, 0.29) is 10.7 Å². The molecule has 9 nitrogen and oxygen atoms in total. The maximum Gasteiger partial charge on any atom is 0.419 e. The normalized spacial score (nSPS) is 12.4. The fourth-order valence-corrected chi connectivity index (χ4v) is 5.72. The van der Waals surface area contributed by atoms with Crippen molar-refractivity contribution in [3.05, 3.63) is 53.1 Å². The quantitative estimate of drug-likeness (QED) is 0.279. The molecule has 0 spiro atoms. The molecule has 3 aromatic heterocycles. The molecule has 0 atom stereocenters. The van der Waals surface area contributed by atoms with E-state index >= 15 is 0 Å². The van der Waals surface area contributed by atoms with Gasteiger partial charge in [-0.1, -0.05) is 37.7 Å². The molecule has 0 bridgehead atoms. The summed E-state index contributed by atoms with van der Waals surface area (Å²) in [6.07, 6.45) is 2.28. The third-order valence-corrected chi connectivity index (χ3v) is 8.08. The van der Waals surface area contributed by atoms with Gasteiger partial charge in [-0.25, -0.2) is 13.2 Å². The number of thioether (sulfide) groups is 1. The number of sulfonamides is 1. The Morgan fingerprint density at radius 2 is 1.87 bits per heavy atom. The Morgan fingerprint density at radius 3 is 2.65 bits per heavy atom. The third-order valence-electron chi connectivity index (χ3n) is 5.02. The van der Waals surface area contributed by atoms with Crippen LogP contribution in [0.2, 0.25) is 0 Å². The van der Waals surface area contributed by atoms with Gasteiger partial charge in [0.25, 0.3) is 0 Å². The monoisotopic (exact) mass is 461 g/mol. The van der Waals surface area contributed by atoms with E-state index in [9.17, 15) is 13.2 Å². The lowest BCUT2D eigenvalue weighted by atomic mass is 10.3. The first-order valence-corrected chi connectivity index (χ1v) is 12.4. The fraction of sp³-hybridized carbons (Fsp3) is 0.350. The molecule has 0 fully saturated rings. The summed E-state index contributed by atoms with van der Waals surface area (Å²) >= 11 is 1.46. The highest BCUT2D eigenvalue weighted by molar-refractivity contribution is 7.99. The standard InChI is InChI=1S/C20H23N5O4S2/c1-3-23(4-2)31(27,28)15-10-11-18-21-22-19(25(18)14-15)30-13-7-12-24-16-8-5-6-9-17(16)29-20(24)26/h5-6,8-11,14H,3-4,7,12-13H2,1-2H3. The van der Waals surface area contributed by atoms with Crippen molar-refractivity contribution >= 4 is 38.5 Å². The van der Waals surface area contributed by atoms with Crippen LogP contribution in [-0.4, -0.2) is 50.7 Å². The van der Waals surface area contributed by atoms with Gasteiger partial charge in [-0.2, -0.15) is 4.31 Å². The van der Waals surface area contributed by atoms with E-state index in [0.717, 1.165) is 5.52 Å². The molecule has 0 N–H and O–H groups in total. The molecule has 0 amide bonds. The second-order valence-corrected chi connectivity index (χ2v) is 9.85. The lowest BCUT2D eigenvalue weighted by molar-refractivity contribution is 0.445. The zero-order valence-electron chi connectivity index (χ0n) is 17.3. The number of pyridine rings is 1. The predicted molar refractivity (Wildman–Crippen MR) is 119 cm³/mol. The van der Waals surface area contributed by atoms with Crippen LogP contribution in [0.15, 0.2) is 61.9 Å². The van der Waals surface area contributed by atoms with Crippen molar-refractivity contribution < 1.29 is 12.8 Å². The molecule has 0 radical (unpaired) electrons. The maximum absolute atomic E-state index is 12.8. The summed E-state index contributed by atoms with van der Waals surface area (Å²) in [6.45, 7) is 4.95. The number of hydrogen-bond acceptors (Lipinski definition) is 7. The van der Waals surface area contributed by atoms with Crippen LogP contribution in [0.3, 0.4) is 0 Å². The van der Waals surface area contributed by atoms with Gasteiger partial charge in [0, 0.05) is 31.6 Å². The summed E-state index contributed by atoms with van der Waals surface area (Å²) < 4.78 is 35.6. The minimum Gasteiger partial charge on any atom is -0.408 e. The van der Waals surface area contributed by atoms with Crippen LogP contribution >= 0.6 is 11.8 Å². The SMILES string of the molecule is CCN(CC)S(=O)(=O)c1ccc2nnc(SCCCn3c(=O)oc4ccccc43)n2c1. The Balaban J connectivity index is 1.49. The molecular formula is C20H23N5O4S2. The summed E-state index contributed by atoms with van der Waals surface area (Å²) in [5.74, 6) is 0.310. The van der Waals surface area contributed by atoms with E-state index in [0.29, 0.717) is 48.2 Å². The third kappa shape index (κ3) is 4.12. The average molecular weight is 462 g/mol. The highest BCUT2D eigenvalue weighted by atomic mass is 32.2. The number of para-hydroxylation sites is 2. The summed E-state index contributed by atoms with van der Waals surface area (Å²) in [5.41, 5.74) is 1.93. The van der Waals surface area contributed by atoms with Crippen LogP contribution in [0.25, 0.3) is 16.7 Å². The van der Waals surface area contributed by atoms with Gasteiger partial charge in [0.2, 0.25) is 10.0 Å². The molecule has 11 heteroatoms. The van der Waals surface area contributed by atoms with E-state index in [1.54, 1.807) is 33.4 Å². The van der Waals surface area contributed by atoms with E-state index in [2.05, 4.69) is 10.2 Å². The van der Waals surface area contributed by atoms with Crippen LogP contribution in [0.1, 0.15) is 20.3 Å². The number of hydrogen-bond donors (Lipinski definition) is 0. The van der Waals surface area contributed by atoms with E-state index in [1.807, 2.05) is 32.0 Å². The molecule has 0 aliphatic rings. The fourth-order valence-electron chi connectivity index (χ4n) is 3.43. The Labute approximate surface area is 183 Å². The highest BCUT2D eigenvalue weighted by Gasteiger charge is 2.22. The summed E-state index contributed by atoms with van der Waals surface area (Å²) in [4.78, 5) is 12.3. The van der Waals surface area contributed by atoms with Gasteiger partial charge in [0.05, 0.1) is 10.4 Å². The number of aryl methyl sites for hydroxylation is 1. The second kappa shape index (κ2) is 8.85. The van der Waals surface area contributed by atoms with Crippen molar-refractivity contribution in [2.45, 2.75) is 36.9 Å². The maximum atomic E-state index is 12.8. The molecule has 3 heterocycles. The van der Waals surface area contributed by atoms with Crippen molar-refractivity contribution in [3.63, 3.8) is 0 Å². The van der Waals surface area contributed by atoms with Crippen molar-refractivity contribution in [2.75, 3.05) is 18.8 Å². The summed E-state index contributed by atoms with van der Waals surface area (Å²) in [5, 5.41) is 8.92. The minimum atomic E-state index is -3.57. The first-order valence-electron chi connectivity index (χ1n) is 10.0. The molecule has 0 saturated carbocycles. The zero-order chi connectivity index (χ0) is 22.0. The Morgan fingerprint density at radius 1 is 1.10 bits per heavy atom. The summed E-state index contributed by atoms with van der Waals surface area (Å²) in [7, 11) is -3.57. The van der Waals surface area contributed by atoms with Gasteiger partial charge < -0.3 is 4.42 Å². The van der Waals surface area contributed by atoms with Gasteiger partial charge in [-0.05, 0) is 30.7 Å². The molecule has 4 rings (SSSR count). The molecule has 1 aromatic carbocycles. The molecule has 0 saturated heterocycles. The van der Waals surface area contributed by atoms with Crippen LogP contribution in [0.4, 0.5) is 0 Å². The average Bonchev–Trinajstić information content (AvgIpc) is 3.31. The molecule has 0 unspecified atom stereocenters. The van der Waals surface area contributed by atoms with E-state index in [1.165, 1.54) is 16.1 Å². The van der Waals surface area contributed by atoms with Crippen LogP contribution < -0.4 is 5.76 Å². The zero-order valence-corrected chi connectivity index (χ0v) is 18.9. The van der Waals surface area contributed by atoms with Crippen molar-refractivity contribution in [2.24, 2.45) is 0 Å². The van der Waals surface area contributed by atoms with E-state index < -0.39 is 10.0 Å². The van der Waals surface area contributed by atoms with Gasteiger partial charge in [-0.15, -0.1) is 10.2 Å². The van der Waals surface area contributed by atoms with Gasteiger partial charge in [0.1, 0.15) is 0 Å². The Hall–Kier alpha value is -2.63. The minimum absolute atomic E-state index is 0.210. The topological polar surface area (TPSA) is 103 Å². The molecule has 4 aromatic rings. The lowest BCUT2D eigenvalue weighted by Gasteiger charge is -2.18. The van der Waals surface area contributed by atoms with Gasteiger partial charge in [-0.3, -0.25) is 8.97 Å². The number of aromatic nitrogens is 4. The molecule has 0 aliphatic heterocycles. The second-order valence-electron chi connectivity index (χ2n) is 6.85. The number of rotatable bonds is 9. The van der Waals surface area contributed by atoms with Crippen molar-refractivity contribution in [1.82, 2.24) is 23.5 Å². The Bertz CT molecular complexity index is 1370. The molecule has 31 heavy (non-hydrogen) atoms. The first-order chi connectivity index (χ1) is 15.0. The van der Waals surface area contributed by atoms with Crippen LogP contribution in [0, 0.1) is 0 Å². The summed E-state index contributed by atoms with van der Waals surface area (Å²) in [6, 6.07) is 10.5. The molecular weight excluding hydrogens is 438 g/mol. The van der Waals surface area contributed by atoms with Crippen LogP contribution in [-0.2, 0) is 16.6 Å². The van der Waals surface area contributed by atoms with E-state index in [4.69, 9.17) is 4.42 Å². The first kappa shape index (κ1) is 21.6. The number of benzene rings is 1. The largest absolute Gasteiger partial charge is 0.419 e. The van der Waals surface area contributed by atoms with Gasteiger partial charge >= 0.3 is 5.76 Å². The number of nitrogens with zero attached hydrogens (tertiary/aromatic N) is 5. The van der Waals surface area contributed by atoms with Crippen molar-refractivity contribution in [1.29, 1.82) is 0 Å². The van der Waals surface area contributed by atoms with Gasteiger partial charge in [0.15, 0.2) is 16.4 Å².